The van der Waals surface area contributed by atoms with Gasteiger partial charge in [-0.15, -0.1) is 5.10 Å². The van der Waals surface area contributed by atoms with Crippen LogP contribution in [0.1, 0.15) is 55.3 Å². The van der Waals surface area contributed by atoms with E-state index in [0.29, 0.717) is 5.92 Å². The predicted molar refractivity (Wildman–Crippen MR) is 85.6 cm³/mol. The van der Waals surface area contributed by atoms with Crippen molar-refractivity contribution in [3.05, 3.63) is 45.4 Å². The van der Waals surface area contributed by atoms with Crippen LogP contribution in [0, 0.1) is 0 Å². The van der Waals surface area contributed by atoms with Gasteiger partial charge in [0.25, 0.3) is 0 Å². The third-order valence-corrected chi connectivity index (χ3v) is 4.31. The molecule has 1 heterocycles. The quantitative estimate of drug-likeness (QED) is 0.859. The summed E-state index contributed by atoms with van der Waals surface area (Å²) in [5.41, 5.74) is 2.15. The number of hydrogen-bond acceptors (Lipinski definition) is 4. The lowest BCUT2D eigenvalue weighted by Gasteiger charge is -2.20. The molecule has 1 aromatic carbocycles. The molecule has 0 aliphatic rings. The Bertz CT molecular complexity index is 554. The summed E-state index contributed by atoms with van der Waals surface area (Å²) in [5.74, 6) is 0.358. The first kappa shape index (κ1) is 15.4. The van der Waals surface area contributed by atoms with Gasteiger partial charge in [0.15, 0.2) is 0 Å². The van der Waals surface area contributed by atoms with Crippen LogP contribution >= 0.6 is 23.1 Å². The lowest BCUT2D eigenvalue weighted by molar-refractivity contribution is 0.596. The standard InChI is InChI=1S/C15H20ClN3S/c1-4-9-17-14(11-7-5-6-8-12(11)16)15-13(10(2)3)18-19-20-15/h5-8,10,14,17H,4,9H2,1-3H3. The van der Waals surface area contributed by atoms with Crippen molar-refractivity contribution >= 4 is 23.1 Å². The van der Waals surface area contributed by atoms with Crippen LogP contribution in [0.15, 0.2) is 24.3 Å². The maximum absolute atomic E-state index is 6.37. The van der Waals surface area contributed by atoms with Crippen LogP contribution in [0.3, 0.4) is 0 Å². The highest BCUT2D eigenvalue weighted by Crippen LogP contribution is 2.33. The van der Waals surface area contributed by atoms with E-state index >= 15 is 0 Å². The first-order valence-corrected chi connectivity index (χ1v) is 8.10. The van der Waals surface area contributed by atoms with Gasteiger partial charge in [0.2, 0.25) is 0 Å². The topological polar surface area (TPSA) is 37.8 Å². The van der Waals surface area contributed by atoms with E-state index in [4.69, 9.17) is 11.6 Å². The minimum Gasteiger partial charge on any atom is -0.305 e. The molecular formula is C15H20ClN3S. The molecule has 0 radical (unpaired) electrons. The maximum Gasteiger partial charge on any atom is 0.0832 e. The van der Waals surface area contributed by atoms with Crippen LogP contribution < -0.4 is 5.32 Å². The van der Waals surface area contributed by atoms with E-state index < -0.39 is 0 Å². The molecule has 108 valence electrons. The Balaban J connectivity index is 2.42. The lowest BCUT2D eigenvalue weighted by atomic mass is 10.00. The summed E-state index contributed by atoms with van der Waals surface area (Å²) >= 11 is 7.83. The number of nitrogens with zero attached hydrogens (tertiary/aromatic N) is 2. The highest BCUT2D eigenvalue weighted by Gasteiger charge is 2.23. The molecule has 20 heavy (non-hydrogen) atoms. The van der Waals surface area contributed by atoms with Crippen molar-refractivity contribution < 1.29 is 0 Å². The van der Waals surface area contributed by atoms with E-state index in [-0.39, 0.29) is 6.04 Å². The SMILES string of the molecule is CCCNC(c1ccccc1Cl)c1snnc1C(C)C. The third-order valence-electron chi connectivity index (χ3n) is 3.16. The van der Waals surface area contributed by atoms with Gasteiger partial charge in [-0.25, -0.2) is 0 Å². The second-order valence-corrected chi connectivity index (χ2v) is 6.28. The van der Waals surface area contributed by atoms with Crippen molar-refractivity contribution in [2.75, 3.05) is 6.54 Å². The predicted octanol–water partition coefficient (Wildman–Crippen LogP) is 4.40. The maximum atomic E-state index is 6.37. The minimum atomic E-state index is 0.0704. The summed E-state index contributed by atoms with van der Waals surface area (Å²) in [6.07, 6.45) is 1.07. The normalized spacial score (nSPS) is 12.8. The molecule has 5 heteroatoms. The first-order chi connectivity index (χ1) is 9.65. The molecule has 0 aliphatic heterocycles. The molecule has 2 aromatic rings. The Kier molecular flexibility index (Phi) is 5.52. The Morgan fingerprint density at radius 2 is 2.05 bits per heavy atom. The largest absolute Gasteiger partial charge is 0.305 e. The summed E-state index contributed by atoms with van der Waals surface area (Å²) < 4.78 is 4.14. The van der Waals surface area contributed by atoms with E-state index in [1.54, 1.807) is 0 Å². The van der Waals surface area contributed by atoms with Crippen LogP contribution in [0.5, 0.6) is 0 Å². The molecule has 0 saturated heterocycles. The van der Waals surface area contributed by atoms with E-state index in [9.17, 15) is 0 Å². The van der Waals surface area contributed by atoms with E-state index in [1.807, 2.05) is 18.2 Å². The van der Waals surface area contributed by atoms with Crippen LogP contribution in [-0.4, -0.2) is 16.1 Å². The fourth-order valence-electron chi connectivity index (χ4n) is 2.15. The molecule has 0 amide bonds. The van der Waals surface area contributed by atoms with Crippen molar-refractivity contribution in [2.45, 2.75) is 39.2 Å². The fourth-order valence-corrected chi connectivity index (χ4v) is 3.29. The Morgan fingerprint density at radius 3 is 2.70 bits per heavy atom. The lowest BCUT2D eigenvalue weighted by Crippen LogP contribution is -2.23. The third kappa shape index (κ3) is 3.37. The summed E-state index contributed by atoms with van der Waals surface area (Å²) in [4.78, 5) is 1.17. The highest BCUT2D eigenvalue weighted by atomic mass is 35.5. The molecule has 2 rings (SSSR count). The van der Waals surface area contributed by atoms with Crippen molar-refractivity contribution in [1.29, 1.82) is 0 Å². The molecule has 0 aliphatic carbocycles. The Hall–Kier alpha value is -0.970. The molecule has 0 fully saturated rings. The van der Waals surface area contributed by atoms with Gasteiger partial charge in [0.1, 0.15) is 0 Å². The fraction of sp³-hybridized carbons (Fsp3) is 0.467. The second kappa shape index (κ2) is 7.16. The molecule has 1 aromatic heterocycles. The monoisotopic (exact) mass is 309 g/mol. The van der Waals surface area contributed by atoms with Gasteiger partial charge in [0.05, 0.1) is 16.6 Å². The zero-order valence-corrected chi connectivity index (χ0v) is 13.6. The van der Waals surface area contributed by atoms with Gasteiger partial charge in [0, 0.05) is 5.02 Å². The van der Waals surface area contributed by atoms with Gasteiger partial charge in [-0.05, 0) is 42.0 Å². The van der Waals surface area contributed by atoms with E-state index in [2.05, 4.69) is 41.7 Å². The Labute approximate surface area is 129 Å². The smallest absolute Gasteiger partial charge is 0.0832 e. The summed E-state index contributed by atoms with van der Waals surface area (Å²) in [7, 11) is 0. The average molecular weight is 310 g/mol. The van der Waals surface area contributed by atoms with Gasteiger partial charge in [-0.3, -0.25) is 0 Å². The van der Waals surface area contributed by atoms with Crippen LogP contribution in [0.25, 0.3) is 0 Å². The average Bonchev–Trinajstić information content (AvgIpc) is 2.90. The molecular weight excluding hydrogens is 290 g/mol. The molecule has 3 nitrogen and oxygen atoms in total. The summed E-state index contributed by atoms with van der Waals surface area (Å²) in [6.45, 7) is 7.38. The first-order valence-electron chi connectivity index (χ1n) is 6.95. The number of halogens is 1. The molecule has 0 bridgehead atoms. The van der Waals surface area contributed by atoms with Crippen molar-refractivity contribution in [3.63, 3.8) is 0 Å². The van der Waals surface area contributed by atoms with Gasteiger partial charge >= 0.3 is 0 Å². The van der Waals surface area contributed by atoms with Gasteiger partial charge in [-0.2, -0.15) is 0 Å². The number of benzene rings is 1. The molecule has 1 N–H and O–H groups in total. The van der Waals surface area contributed by atoms with Crippen LogP contribution in [0.2, 0.25) is 5.02 Å². The van der Waals surface area contributed by atoms with E-state index in [0.717, 1.165) is 29.2 Å². The Morgan fingerprint density at radius 1 is 1.30 bits per heavy atom. The van der Waals surface area contributed by atoms with Gasteiger partial charge < -0.3 is 5.32 Å². The minimum absolute atomic E-state index is 0.0704. The summed E-state index contributed by atoms with van der Waals surface area (Å²) in [5, 5.41) is 8.64. The highest BCUT2D eigenvalue weighted by molar-refractivity contribution is 7.05. The molecule has 1 unspecified atom stereocenters. The van der Waals surface area contributed by atoms with Gasteiger partial charge in [-0.1, -0.05) is 55.1 Å². The van der Waals surface area contributed by atoms with Crippen molar-refractivity contribution in [3.8, 4) is 0 Å². The molecule has 1 atom stereocenters. The molecule has 0 saturated carbocycles. The number of rotatable bonds is 6. The zero-order chi connectivity index (χ0) is 14.5. The molecule has 0 spiro atoms. The van der Waals surface area contributed by atoms with Crippen LogP contribution in [0.4, 0.5) is 0 Å². The number of nitrogens with one attached hydrogen (secondary N) is 1. The summed E-state index contributed by atoms with van der Waals surface area (Å²) in [6, 6.07) is 8.05. The second-order valence-electron chi connectivity index (χ2n) is 5.09. The number of aromatic nitrogens is 2. The van der Waals surface area contributed by atoms with E-state index in [1.165, 1.54) is 16.4 Å². The van der Waals surface area contributed by atoms with Crippen molar-refractivity contribution in [2.24, 2.45) is 0 Å². The van der Waals surface area contributed by atoms with Crippen molar-refractivity contribution in [1.82, 2.24) is 14.9 Å². The zero-order valence-electron chi connectivity index (χ0n) is 12.1. The number of hydrogen-bond donors (Lipinski definition) is 1. The van der Waals surface area contributed by atoms with Crippen LogP contribution in [-0.2, 0) is 0 Å².